The van der Waals surface area contributed by atoms with Gasteiger partial charge in [0.15, 0.2) is 17.4 Å². The van der Waals surface area contributed by atoms with E-state index >= 15 is 0 Å². The van der Waals surface area contributed by atoms with Gasteiger partial charge in [-0.1, -0.05) is 0 Å². The minimum atomic E-state index is -4.89. The molecule has 1 aromatic heterocycles. The molecule has 0 saturated heterocycles. The van der Waals surface area contributed by atoms with Crippen LogP contribution in [0, 0.1) is 23.3 Å². The number of hydrogen-bond acceptors (Lipinski definition) is 2. The maximum absolute atomic E-state index is 14.3. The lowest BCUT2D eigenvalue weighted by Gasteiger charge is -2.16. The number of aryl methyl sites for hydroxylation is 1. The van der Waals surface area contributed by atoms with Gasteiger partial charge in [-0.05, 0) is 42.3 Å². The van der Waals surface area contributed by atoms with Gasteiger partial charge in [-0.2, -0.15) is 13.2 Å². The van der Waals surface area contributed by atoms with Crippen LogP contribution in [0.5, 0.6) is 5.75 Å². The van der Waals surface area contributed by atoms with Crippen molar-refractivity contribution in [1.82, 2.24) is 4.57 Å². The van der Waals surface area contributed by atoms with Gasteiger partial charge in [0.1, 0.15) is 18.2 Å². The standard InChI is InChI=1S/C21H14F7NO3/c22-12-2-3-17(14(23)9-12)29-6-5-13(21(26,27)28)18(29)10-32-20-15(24)7-11(8-16(20)25)1-4-19(30)31/h2-3,5-9H,1,4,10H2,(H,30,31). The monoisotopic (exact) mass is 461 g/mol. The van der Waals surface area contributed by atoms with Gasteiger partial charge in [0, 0.05) is 18.7 Å². The first-order valence-electron chi connectivity index (χ1n) is 9.02. The maximum Gasteiger partial charge on any atom is 0.418 e. The van der Waals surface area contributed by atoms with Crippen molar-refractivity contribution in [3.8, 4) is 11.4 Å². The van der Waals surface area contributed by atoms with Crippen molar-refractivity contribution in [2.24, 2.45) is 0 Å². The number of hydrogen-bond donors (Lipinski definition) is 1. The summed E-state index contributed by atoms with van der Waals surface area (Å²) in [7, 11) is 0. The van der Waals surface area contributed by atoms with Crippen LogP contribution in [0.4, 0.5) is 30.7 Å². The number of aromatic nitrogens is 1. The molecule has 3 rings (SSSR count). The van der Waals surface area contributed by atoms with Crippen LogP contribution >= 0.6 is 0 Å². The second-order valence-electron chi connectivity index (χ2n) is 6.71. The van der Waals surface area contributed by atoms with Crippen molar-refractivity contribution >= 4 is 5.97 Å². The Morgan fingerprint density at radius 1 is 0.969 bits per heavy atom. The van der Waals surface area contributed by atoms with E-state index in [0.717, 1.165) is 35.0 Å². The summed E-state index contributed by atoms with van der Waals surface area (Å²) in [6, 6.07) is 4.47. The fourth-order valence-electron chi connectivity index (χ4n) is 3.06. The predicted molar refractivity (Wildman–Crippen MR) is 97.3 cm³/mol. The van der Waals surface area contributed by atoms with Crippen LogP contribution in [0.25, 0.3) is 5.69 Å². The highest BCUT2D eigenvalue weighted by Crippen LogP contribution is 2.35. The van der Waals surface area contributed by atoms with Gasteiger partial charge in [0.25, 0.3) is 0 Å². The first-order valence-corrected chi connectivity index (χ1v) is 9.02. The number of ether oxygens (including phenoxy) is 1. The summed E-state index contributed by atoms with van der Waals surface area (Å²) in [6.45, 7) is -0.999. The fraction of sp³-hybridized carbons (Fsp3) is 0.190. The van der Waals surface area contributed by atoms with Gasteiger partial charge in [-0.3, -0.25) is 4.79 Å². The minimum Gasteiger partial charge on any atom is -0.481 e. The molecule has 2 aromatic carbocycles. The first kappa shape index (κ1) is 23.2. The molecule has 4 nitrogen and oxygen atoms in total. The molecule has 0 aliphatic carbocycles. The Balaban J connectivity index is 1.95. The lowest BCUT2D eigenvalue weighted by molar-refractivity contribution is -0.139. The van der Waals surface area contributed by atoms with E-state index < -0.39 is 64.7 Å². The van der Waals surface area contributed by atoms with Crippen molar-refractivity contribution < 1.29 is 45.4 Å². The van der Waals surface area contributed by atoms with Gasteiger partial charge >= 0.3 is 12.1 Å². The van der Waals surface area contributed by atoms with Gasteiger partial charge in [0.2, 0.25) is 0 Å². The van der Waals surface area contributed by atoms with E-state index in [-0.39, 0.29) is 18.4 Å². The van der Waals surface area contributed by atoms with Crippen molar-refractivity contribution in [2.75, 3.05) is 0 Å². The lowest BCUT2D eigenvalue weighted by Crippen LogP contribution is -2.14. The smallest absolute Gasteiger partial charge is 0.418 e. The molecule has 1 N–H and O–H groups in total. The van der Waals surface area contributed by atoms with Gasteiger partial charge < -0.3 is 14.4 Å². The van der Waals surface area contributed by atoms with Gasteiger partial charge in [-0.25, -0.2) is 17.6 Å². The highest BCUT2D eigenvalue weighted by atomic mass is 19.4. The second-order valence-corrected chi connectivity index (χ2v) is 6.71. The third-order valence-corrected chi connectivity index (χ3v) is 4.51. The highest BCUT2D eigenvalue weighted by Gasteiger charge is 2.36. The zero-order valence-corrected chi connectivity index (χ0v) is 16.0. The minimum absolute atomic E-state index is 0.0162. The molecule has 0 radical (unpaired) electrons. The maximum atomic E-state index is 14.3. The van der Waals surface area contributed by atoms with Crippen LogP contribution in [0.15, 0.2) is 42.6 Å². The number of aliphatic carboxylic acids is 1. The van der Waals surface area contributed by atoms with E-state index in [1.165, 1.54) is 0 Å². The molecule has 0 spiro atoms. The molecule has 32 heavy (non-hydrogen) atoms. The molecule has 0 aliphatic rings. The summed E-state index contributed by atoms with van der Waals surface area (Å²) < 4.78 is 102. The summed E-state index contributed by atoms with van der Waals surface area (Å²) in [5, 5.41) is 8.65. The van der Waals surface area contributed by atoms with Crippen LogP contribution in [0.3, 0.4) is 0 Å². The van der Waals surface area contributed by atoms with Crippen molar-refractivity contribution in [2.45, 2.75) is 25.6 Å². The molecule has 0 unspecified atom stereocenters. The number of alkyl halides is 3. The Labute approximate surface area is 176 Å². The Morgan fingerprint density at radius 3 is 2.19 bits per heavy atom. The molecule has 3 aromatic rings. The summed E-state index contributed by atoms with van der Waals surface area (Å²) in [5.41, 5.74) is -2.31. The van der Waals surface area contributed by atoms with E-state index in [2.05, 4.69) is 0 Å². The third-order valence-electron chi connectivity index (χ3n) is 4.51. The van der Waals surface area contributed by atoms with Crippen LogP contribution in [-0.2, 0) is 24.0 Å². The Hall–Kier alpha value is -3.50. The van der Waals surface area contributed by atoms with E-state index in [1.54, 1.807) is 0 Å². The summed E-state index contributed by atoms with van der Waals surface area (Å²) >= 11 is 0. The molecular weight excluding hydrogens is 447 g/mol. The molecule has 1 heterocycles. The van der Waals surface area contributed by atoms with E-state index in [1.807, 2.05) is 0 Å². The Kier molecular flexibility index (Phi) is 6.47. The molecule has 0 aliphatic heterocycles. The third kappa shape index (κ3) is 5.04. The number of carboxylic acid groups (broad SMARTS) is 1. The number of rotatable bonds is 7. The molecule has 0 amide bonds. The second kappa shape index (κ2) is 8.93. The Morgan fingerprint density at radius 2 is 1.62 bits per heavy atom. The number of benzene rings is 2. The largest absolute Gasteiger partial charge is 0.481 e. The van der Waals surface area contributed by atoms with Crippen LogP contribution in [0.1, 0.15) is 23.2 Å². The SMILES string of the molecule is O=C(O)CCc1cc(F)c(OCc2c(C(F)(F)F)ccn2-c2ccc(F)cc2F)c(F)c1. The van der Waals surface area contributed by atoms with Crippen molar-refractivity contribution in [3.05, 3.63) is 82.7 Å². The van der Waals surface area contributed by atoms with Gasteiger partial charge in [-0.15, -0.1) is 0 Å². The molecule has 170 valence electrons. The van der Waals surface area contributed by atoms with E-state index in [0.29, 0.717) is 12.1 Å². The Bertz CT molecular complexity index is 1130. The van der Waals surface area contributed by atoms with Crippen LogP contribution < -0.4 is 4.74 Å². The summed E-state index contributed by atoms with van der Waals surface area (Å²) in [5.74, 6) is -6.76. The number of carboxylic acids is 1. The molecule has 11 heteroatoms. The summed E-state index contributed by atoms with van der Waals surface area (Å²) in [6.07, 6.45) is -4.57. The lowest BCUT2D eigenvalue weighted by atomic mass is 10.1. The normalized spacial score (nSPS) is 11.6. The molecular formula is C21H14F7NO3. The quantitative estimate of drug-likeness (QED) is 0.463. The number of halogens is 7. The molecule has 0 saturated carbocycles. The average Bonchev–Trinajstić information content (AvgIpc) is 3.10. The zero-order chi connectivity index (χ0) is 23.6. The van der Waals surface area contributed by atoms with E-state index in [9.17, 15) is 35.5 Å². The molecule has 0 bridgehead atoms. The highest BCUT2D eigenvalue weighted by molar-refractivity contribution is 5.67. The van der Waals surface area contributed by atoms with Crippen LogP contribution in [-0.4, -0.2) is 15.6 Å². The first-order chi connectivity index (χ1) is 15.0. The van der Waals surface area contributed by atoms with Gasteiger partial charge in [0.05, 0.1) is 16.9 Å². The molecule has 0 atom stereocenters. The summed E-state index contributed by atoms with van der Waals surface area (Å²) in [4.78, 5) is 10.6. The van der Waals surface area contributed by atoms with Crippen molar-refractivity contribution in [3.63, 3.8) is 0 Å². The average molecular weight is 461 g/mol. The topological polar surface area (TPSA) is 51.5 Å². The number of nitrogens with zero attached hydrogens (tertiary/aromatic N) is 1. The predicted octanol–water partition coefficient (Wildman–Crippen LogP) is 5.65. The van der Waals surface area contributed by atoms with E-state index in [4.69, 9.17) is 9.84 Å². The fourth-order valence-corrected chi connectivity index (χ4v) is 3.06. The van der Waals surface area contributed by atoms with Crippen molar-refractivity contribution in [1.29, 1.82) is 0 Å². The number of carbonyl (C=O) groups is 1. The van der Waals surface area contributed by atoms with Crippen LogP contribution in [0.2, 0.25) is 0 Å². The zero-order valence-electron chi connectivity index (χ0n) is 16.0. The molecule has 0 fully saturated rings.